The molecule has 22 heavy (non-hydrogen) atoms. The molecule has 0 aliphatic heterocycles. The molecule has 0 aliphatic rings. The molecule has 0 saturated carbocycles. The summed E-state index contributed by atoms with van der Waals surface area (Å²) in [7, 11) is 0. The van der Waals surface area contributed by atoms with Crippen molar-refractivity contribution in [2.45, 2.75) is 57.7 Å². The summed E-state index contributed by atoms with van der Waals surface area (Å²) in [5, 5.41) is 27.4. The Labute approximate surface area is 133 Å². The Kier molecular flexibility index (Phi) is 13.2. The summed E-state index contributed by atoms with van der Waals surface area (Å²) in [6, 6.07) is 0. The zero-order valence-electron chi connectivity index (χ0n) is 13.3. The molecular formula is C18H28O4. The van der Waals surface area contributed by atoms with Crippen molar-refractivity contribution in [2.24, 2.45) is 0 Å². The second-order valence-corrected chi connectivity index (χ2v) is 5.04. The maximum Gasteiger partial charge on any atom is 0.303 e. The third-order valence-corrected chi connectivity index (χ3v) is 2.99. The van der Waals surface area contributed by atoms with Gasteiger partial charge in [-0.15, -0.1) is 0 Å². The third-order valence-electron chi connectivity index (χ3n) is 2.99. The fourth-order valence-electron chi connectivity index (χ4n) is 1.64. The van der Waals surface area contributed by atoms with Crippen LogP contribution < -0.4 is 0 Å². The van der Waals surface area contributed by atoms with Crippen LogP contribution in [-0.4, -0.2) is 33.5 Å². The van der Waals surface area contributed by atoms with Crippen molar-refractivity contribution in [3.05, 3.63) is 48.6 Å². The monoisotopic (exact) mass is 308 g/mol. The molecule has 2 atom stereocenters. The van der Waals surface area contributed by atoms with Crippen LogP contribution in [0.5, 0.6) is 0 Å². The number of rotatable bonds is 12. The number of hydrogen-bond donors (Lipinski definition) is 3. The van der Waals surface area contributed by atoms with Gasteiger partial charge in [0.1, 0.15) is 0 Å². The topological polar surface area (TPSA) is 77.8 Å². The highest BCUT2D eigenvalue weighted by molar-refractivity contribution is 5.66. The molecule has 4 nitrogen and oxygen atoms in total. The van der Waals surface area contributed by atoms with Crippen molar-refractivity contribution >= 4 is 5.97 Å². The molecule has 0 rings (SSSR count). The van der Waals surface area contributed by atoms with Crippen LogP contribution in [0.15, 0.2) is 48.6 Å². The smallest absolute Gasteiger partial charge is 0.303 e. The van der Waals surface area contributed by atoms with Gasteiger partial charge in [0.25, 0.3) is 0 Å². The Morgan fingerprint density at radius 2 is 1.55 bits per heavy atom. The van der Waals surface area contributed by atoms with E-state index in [0.29, 0.717) is 25.7 Å². The number of carboxylic acid groups (broad SMARTS) is 1. The average Bonchev–Trinajstić information content (AvgIpc) is 2.49. The van der Waals surface area contributed by atoms with Gasteiger partial charge in [0.15, 0.2) is 0 Å². The standard InChI is InChI=1S/C18H28O4/c1-2-16(19)12-8-6-4-3-5-7-9-13-17(20)14-10-11-15-18(21)22/h4-9,12-13,16-17,19-20H,2-3,10-11,14-15H2,1H3,(H,21,22)/b6-4+,7-5+,12-8+,13-9+. The van der Waals surface area contributed by atoms with Gasteiger partial charge in [-0.1, -0.05) is 55.5 Å². The van der Waals surface area contributed by atoms with Crippen LogP contribution in [0.25, 0.3) is 0 Å². The number of carboxylic acids is 1. The molecule has 0 amide bonds. The van der Waals surface area contributed by atoms with Crippen LogP contribution in [0.4, 0.5) is 0 Å². The SMILES string of the molecule is CCC(O)/C=C/C=C/C/C=C/C=C/C(O)CCCCC(=O)O. The van der Waals surface area contributed by atoms with Gasteiger partial charge < -0.3 is 15.3 Å². The Hall–Kier alpha value is -1.65. The van der Waals surface area contributed by atoms with E-state index in [0.717, 1.165) is 6.42 Å². The lowest BCUT2D eigenvalue weighted by molar-refractivity contribution is -0.137. The predicted molar refractivity (Wildman–Crippen MR) is 89.6 cm³/mol. The molecule has 0 spiro atoms. The van der Waals surface area contributed by atoms with Gasteiger partial charge in [-0.3, -0.25) is 4.79 Å². The molecule has 3 N–H and O–H groups in total. The fourth-order valence-corrected chi connectivity index (χ4v) is 1.64. The normalized spacial score (nSPS) is 15.4. The lowest BCUT2D eigenvalue weighted by Gasteiger charge is -2.03. The highest BCUT2D eigenvalue weighted by Crippen LogP contribution is 2.05. The molecule has 2 unspecified atom stereocenters. The first-order chi connectivity index (χ1) is 10.6. The van der Waals surface area contributed by atoms with E-state index in [4.69, 9.17) is 5.11 Å². The Balaban J connectivity index is 3.71. The quantitative estimate of drug-likeness (QED) is 0.381. The lowest BCUT2D eigenvalue weighted by Crippen LogP contribution is -2.02. The summed E-state index contributed by atoms with van der Waals surface area (Å²) in [4.78, 5) is 10.3. The van der Waals surface area contributed by atoms with E-state index in [1.54, 1.807) is 18.2 Å². The van der Waals surface area contributed by atoms with Gasteiger partial charge in [0, 0.05) is 6.42 Å². The van der Waals surface area contributed by atoms with Gasteiger partial charge in [-0.25, -0.2) is 0 Å². The van der Waals surface area contributed by atoms with Gasteiger partial charge in [0.05, 0.1) is 12.2 Å². The zero-order valence-corrected chi connectivity index (χ0v) is 13.3. The maximum atomic E-state index is 10.3. The number of unbranched alkanes of at least 4 members (excludes halogenated alkanes) is 1. The van der Waals surface area contributed by atoms with Crippen LogP contribution in [-0.2, 0) is 4.79 Å². The van der Waals surface area contributed by atoms with Crippen molar-refractivity contribution in [1.29, 1.82) is 0 Å². The van der Waals surface area contributed by atoms with E-state index in [-0.39, 0.29) is 12.5 Å². The minimum Gasteiger partial charge on any atom is -0.481 e. The third kappa shape index (κ3) is 14.8. The Morgan fingerprint density at radius 3 is 2.09 bits per heavy atom. The summed E-state index contributed by atoms with van der Waals surface area (Å²) < 4.78 is 0. The summed E-state index contributed by atoms with van der Waals surface area (Å²) in [6.45, 7) is 1.92. The van der Waals surface area contributed by atoms with Crippen LogP contribution in [0, 0.1) is 0 Å². The number of allylic oxidation sites excluding steroid dienone is 6. The van der Waals surface area contributed by atoms with E-state index in [2.05, 4.69) is 0 Å². The minimum atomic E-state index is -0.792. The van der Waals surface area contributed by atoms with Crippen LogP contribution >= 0.6 is 0 Å². The molecule has 0 aromatic heterocycles. The molecule has 0 heterocycles. The first kappa shape index (κ1) is 20.3. The van der Waals surface area contributed by atoms with E-state index < -0.39 is 12.1 Å². The lowest BCUT2D eigenvalue weighted by atomic mass is 10.1. The van der Waals surface area contributed by atoms with E-state index in [1.807, 2.05) is 37.3 Å². The van der Waals surface area contributed by atoms with Crippen molar-refractivity contribution in [2.75, 3.05) is 0 Å². The number of carbonyl (C=O) groups is 1. The zero-order chi connectivity index (χ0) is 16.6. The number of hydrogen-bond acceptors (Lipinski definition) is 3. The molecule has 0 radical (unpaired) electrons. The predicted octanol–water partition coefficient (Wildman–Crippen LogP) is 3.38. The first-order valence-electron chi connectivity index (χ1n) is 7.80. The summed E-state index contributed by atoms with van der Waals surface area (Å²) >= 11 is 0. The van der Waals surface area contributed by atoms with E-state index >= 15 is 0 Å². The molecule has 0 saturated heterocycles. The first-order valence-corrected chi connectivity index (χ1v) is 7.80. The molecule has 0 bridgehead atoms. The van der Waals surface area contributed by atoms with Crippen molar-refractivity contribution in [1.82, 2.24) is 0 Å². The highest BCUT2D eigenvalue weighted by Gasteiger charge is 2.00. The Morgan fingerprint density at radius 1 is 0.955 bits per heavy atom. The fraction of sp³-hybridized carbons (Fsp3) is 0.500. The number of aliphatic carboxylic acids is 1. The summed E-state index contributed by atoms with van der Waals surface area (Å²) in [6.07, 6.45) is 17.5. The molecule has 124 valence electrons. The maximum absolute atomic E-state index is 10.3. The summed E-state index contributed by atoms with van der Waals surface area (Å²) in [5.74, 6) is -0.792. The molecule has 0 aliphatic carbocycles. The van der Waals surface area contributed by atoms with Crippen molar-refractivity contribution in [3.8, 4) is 0 Å². The average molecular weight is 308 g/mol. The van der Waals surface area contributed by atoms with Crippen LogP contribution in [0.1, 0.15) is 45.4 Å². The molecule has 0 aromatic carbocycles. The molecule has 4 heteroatoms. The van der Waals surface area contributed by atoms with Gasteiger partial charge >= 0.3 is 5.97 Å². The van der Waals surface area contributed by atoms with E-state index in [9.17, 15) is 15.0 Å². The van der Waals surface area contributed by atoms with Crippen molar-refractivity contribution < 1.29 is 20.1 Å². The summed E-state index contributed by atoms with van der Waals surface area (Å²) in [5.41, 5.74) is 0. The van der Waals surface area contributed by atoms with Crippen LogP contribution in [0.2, 0.25) is 0 Å². The van der Waals surface area contributed by atoms with Gasteiger partial charge in [-0.2, -0.15) is 0 Å². The van der Waals surface area contributed by atoms with Gasteiger partial charge in [0.2, 0.25) is 0 Å². The van der Waals surface area contributed by atoms with Gasteiger partial charge in [-0.05, 0) is 32.1 Å². The molecule has 0 fully saturated rings. The second-order valence-electron chi connectivity index (χ2n) is 5.04. The minimum absolute atomic E-state index is 0.159. The number of aliphatic hydroxyl groups is 2. The second kappa shape index (κ2) is 14.3. The molecule has 0 aromatic rings. The highest BCUT2D eigenvalue weighted by atomic mass is 16.4. The Bertz CT molecular complexity index is 394. The molecular weight excluding hydrogens is 280 g/mol. The van der Waals surface area contributed by atoms with E-state index in [1.165, 1.54) is 0 Å². The largest absolute Gasteiger partial charge is 0.481 e. The van der Waals surface area contributed by atoms with Crippen LogP contribution in [0.3, 0.4) is 0 Å². The number of aliphatic hydroxyl groups excluding tert-OH is 2. The van der Waals surface area contributed by atoms with Crippen molar-refractivity contribution in [3.63, 3.8) is 0 Å².